The van der Waals surface area contributed by atoms with Crippen molar-refractivity contribution >= 4 is 17.7 Å². The minimum atomic E-state index is -0.106. The van der Waals surface area contributed by atoms with Crippen molar-refractivity contribution < 1.29 is 18.8 Å². The first kappa shape index (κ1) is 18.8. The van der Waals surface area contributed by atoms with Gasteiger partial charge in [0.15, 0.2) is 0 Å². The van der Waals surface area contributed by atoms with Crippen LogP contribution in [0.5, 0.6) is 11.5 Å². The van der Waals surface area contributed by atoms with E-state index in [0.29, 0.717) is 34.5 Å². The number of carbonyl (C=O) groups is 1. The summed E-state index contributed by atoms with van der Waals surface area (Å²) in [6.07, 6.45) is 0. The Bertz CT molecular complexity index is 899. The topological polar surface area (TPSA) is 86.5 Å². The zero-order valence-corrected chi connectivity index (χ0v) is 15.8. The molecule has 0 aliphatic heterocycles. The van der Waals surface area contributed by atoms with Gasteiger partial charge >= 0.3 is 0 Å². The Hall–Kier alpha value is -3.00. The predicted octanol–water partition coefficient (Wildman–Crippen LogP) is 3.16. The molecule has 27 heavy (non-hydrogen) atoms. The molecule has 0 saturated heterocycles. The summed E-state index contributed by atoms with van der Waals surface area (Å²) in [6, 6.07) is 15.1. The maximum atomic E-state index is 12.0. The van der Waals surface area contributed by atoms with Crippen molar-refractivity contribution in [2.45, 2.75) is 11.4 Å². The van der Waals surface area contributed by atoms with Crippen LogP contribution < -0.4 is 14.8 Å². The van der Waals surface area contributed by atoms with E-state index in [0.717, 1.165) is 4.90 Å². The molecule has 0 aliphatic rings. The summed E-state index contributed by atoms with van der Waals surface area (Å²) in [5, 5.41) is 6.73. The normalized spacial score (nSPS) is 10.4. The lowest BCUT2D eigenvalue weighted by atomic mass is 10.2. The van der Waals surface area contributed by atoms with Gasteiger partial charge in [0.05, 0.1) is 32.1 Å². The average Bonchev–Trinajstić information content (AvgIpc) is 3.19. The minimum absolute atomic E-state index is 0.106. The van der Waals surface area contributed by atoms with Gasteiger partial charge in [-0.3, -0.25) is 4.79 Å². The van der Waals surface area contributed by atoms with Crippen molar-refractivity contribution in [3.8, 4) is 22.9 Å². The summed E-state index contributed by atoms with van der Waals surface area (Å²) < 4.78 is 15.7. The number of hydrogen-bond donors (Lipinski definition) is 1. The standard InChI is InChI=1S/C19H19N3O4S/c1-24-13-8-9-15(16(10-13)25-2)19-21-18(26-22-19)11-20-17(23)12-27-14-6-4-3-5-7-14/h3-10H,11-12H2,1-2H3,(H,20,23). The Morgan fingerprint density at radius 3 is 2.70 bits per heavy atom. The molecule has 0 radical (unpaired) electrons. The molecule has 8 heteroatoms. The molecule has 3 aromatic rings. The highest BCUT2D eigenvalue weighted by Gasteiger charge is 2.15. The Morgan fingerprint density at radius 2 is 1.96 bits per heavy atom. The fourth-order valence-electron chi connectivity index (χ4n) is 2.31. The fourth-order valence-corrected chi connectivity index (χ4v) is 3.06. The van der Waals surface area contributed by atoms with Crippen molar-refractivity contribution in [1.29, 1.82) is 0 Å². The van der Waals surface area contributed by atoms with Crippen molar-refractivity contribution in [1.82, 2.24) is 15.5 Å². The number of ether oxygens (including phenoxy) is 2. The van der Waals surface area contributed by atoms with E-state index >= 15 is 0 Å². The maximum absolute atomic E-state index is 12.0. The molecule has 1 heterocycles. The number of nitrogens with one attached hydrogen (secondary N) is 1. The predicted molar refractivity (Wildman–Crippen MR) is 102 cm³/mol. The Labute approximate surface area is 161 Å². The lowest BCUT2D eigenvalue weighted by Crippen LogP contribution is -2.24. The number of benzene rings is 2. The zero-order chi connectivity index (χ0) is 19.1. The highest BCUT2D eigenvalue weighted by Crippen LogP contribution is 2.31. The van der Waals surface area contributed by atoms with Gasteiger partial charge in [0, 0.05) is 11.0 Å². The highest BCUT2D eigenvalue weighted by molar-refractivity contribution is 8.00. The first-order chi connectivity index (χ1) is 13.2. The second-order valence-corrected chi connectivity index (χ2v) is 6.51. The smallest absolute Gasteiger partial charge is 0.246 e. The van der Waals surface area contributed by atoms with Crippen molar-refractivity contribution in [3.05, 3.63) is 54.4 Å². The van der Waals surface area contributed by atoms with E-state index in [1.54, 1.807) is 32.4 Å². The zero-order valence-electron chi connectivity index (χ0n) is 15.0. The second kappa shape index (κ2) is 9.09. The van der Waals surface area contributed by atoms with E-state index in [2.05, 4.69) is 15.5 Å². The molecule has 0 spiro atoms. The van der Waals surface area contributed by atoms with Gasteiger partial charge < -0.3 is 19.3 Å². The molecular weight excluding hydrogens is 366 g/mol. The second-order valence-electron chi connectivity index (χ2n) is 5.46. The highest BCUT2D eigenvalue weighted by atomic mass is 32.2. The van der Waals surface area contributed by atoms with Crippen LogP contribution in [-0.2, 0) is 11.3 Å². The van der Waals surface area contributed by atoms with E-state index in [-0.39, 0.29) is 12.5 Å². The van der Waals surface area contributed by atoms with Gasteiger partial charge in [0.1, 0.15) is 11.5 Å². The number of aromatic nitrogens is 2. The molecule has 0 unspecified atom stereocenters. The number of carbonyl (C=O) groups excluding carboxylic acids is 1. The van der Waals surface area contributed by atoms with Crippen LogP contribution in [-0.4, -0.2) is 36.0 Å². The molecule has 140 valence electrons. The first-order valence-corrected chi connectivity index (χ1v) is 9.17. The molecular formula is C19H19N3O4S. The van der Waals surface area contributed by atoms with Crippen LogP contribution in [0.3, 0.4) is 0 Å². The molecule has 0 fully saturated rings. The molecule has 1 aromatic heterocycles. The molecule has 0 bridgehead atoms. The molecule has 2 aromatic carbocycles. The van der Waals surface area contributed by atoms with Gasteiger partial charge in [-0.15, -0.1) is 11.8 Å². The first-order valence-electron chi connectivity index (χ1n) is 8.19. The SMILES string of the molecule is COc1ccc(-c2noc(CNC(=O)CSc3ccccc3)n2)c(OC)c1. The third-order valence-electron chi connectivity index (χ3n) is 3.67. The van der Waals surface area contributed by atoms with Crippen molar-refractivity contribution in [2.75, 3.05) is 20.0 Å². The Kier molecular flexibility index (Phi) is 6.32. The summed E-state index contributed by atoms with van der Waals surface area (Å²) in [4.78, 5) is 17.3. The largest absolute Gasteiger partial charge is 0.497 e. The van der Waals surface area contributed by atoms with E-state index in [4.69, 9.17) is 14.0 Å². The van der Waals surface area contributed by atoms with Gasteiger partial charge in [-0.05, 0) is 24.3 Å². The van der Waals surface area contributed by atoms with E-state index in [1.807, 2.05) is 30.3 Å². The molecule has 7 nitrogen and oxygen atoms in total. The molecule has 1 N–H and O–H groups in total. The third kappa shape index (κ3) is 5.01. The number of methoxy groups -OCH3 is 2. The van der Waals surface area contributed by atoms with Crippen LogP contribution in [0.1, 0.15) is 5.89 Å². The fraction of sp³-hybridized carbons (Fsp3) is 0.211. The van der Waals surface area contributed by atoms with Crippen LogP contribution in [0.4, 0.5) is 0 Å². The molecule has 1 amide bonds. The number of nitrogens with zero attached hydrogens (tertiary/aromatic N) is 2. The Morgan fingerprint density at radius 1 is 1.15 bits per heavy atom. The van der Waals surface area contributed by atoms with Gasteiger partial charge in [0.2, 0.25) is 17.6 Å². The van der Waals surface area contributed by atoms with Crippen LogP contribution in [0.25, 0.3) is 11.4 Å². The van der Waals surface area contributed by atoms with Gasteiger partial charge in [-0.1, -0.05) is 23.4 Å². The molecule has 0 aliphatic carbocycles. The minimum Gasteiger partial charge on any atom is -0.497 e. The number of amides is 1. The summed E-state index contributed by atoms with van der Waals surface area (Å²) in [5.41, 5.74) is 0.680. The van der Waals surface area contributed by atoms with Crippen LogP contribution in [0.2, 0.25) is 0 Å². The van der Waals surface area contributed by atoms with Crippen LogP contribution >= 0.6 is 11.8 Å². The lowest BCUT2D eigenvalue weighted by molar-refractivity contribution is -0.118. The number of rotatable bonds is 8. The van der Waals surface area contributed by atoms with Gasteiger partial charge in [0.25, 0.3) is 0 Å². The van der Waals surface area contributed by atoms with Gasteiger partial charge in [-0.2, -0.15) is 4.98 Å². The number of thioether (sulfide) groups is 1. The van der Waals surface area contributed by atoms with Crippen molar-refractivity contribution in [2.24, 2.45) is 0 Å². The average molecular weight is 385 g/mol. The molecule has 3 rings (SSSR count). The summed E-state index contributed by atoms with van der Waals surface area (Å²) in [7, 11) is 3.14. The van der Waals surface area contributed by atoms with E-state index in [9.17, 15) is 4.79 Å². The van der Waals surface area contributed by atoms with Crippen molar-refractivity contribution in [3.63, 3.8) is 0 Å². The van der Waals surface area contributed by atoms with Crippen LogP contribution in [0.15, 0.2) is 57.9 Å². The summed E-state index contributed by atoms with van der Waals surface area (Å²) >= 11 is 1.47. The maximum Gasteiger partial charge on any atom is 0.246 e. The van der Waals surface area contributed by atoms with E-state index < -0.39 is 0 Å². The third-order valence-corrected chi connectivity index (χ3v) is 4.68. The summed E-state index contributed by atoms with van der Waals surface area (Å²) in [5.74, 6) is 2.16. The van der Waals surface area contributed by atoms with Gasteiger partial charge in [-0.25, -0.2) is 0 Å². The van der Waals surface area contributed by atoms with E-state index in [1.165, 1.54) is 11.8 Å². The molecule has 0 atom stereocenters. The molecule has 0 saturated carbocycles. The Balaban J connectivity index is 1.57. The lowest BCUT2D eigenvalue weighted by Gasteiger charge is -2.07. The quantitative estimate of drug-likeness (QED) is 0.596. The monoisotopic (exact) mass is 385 g/mol. The number of hydrogen-bond acceptors (Lipinski definition) is 7. The summed E-state index contributed by atoms with van der Waals surface area (Å²) in [6.45, 7) is 0.166. The van der Waals surface area contributed by atoms with Crippen LogP contribution in [0, 0.1) is 0 Å².